The van der Waals surface area contributed by atoms with E-state index >= 15 is 0 Å². The van der Waals surface area contributed by atoms with Crippen molar-refractivity contribution in [3.8, 4) is 16.3 Å². The molecule has 0 spiro atoms. The summed E-state index contributed by atoms with van der Waals surface area (Å²) in [6.45, 7) is 0.303. The van der Waals surface area contributed by atoms with Gasteiger partial charge in [0.2, 0.25) is 5.82 Å². The number of imidazole rings is 1. The van der Waals surface area contributed by atoms with Crippen LogP contribution in [0.4, 0.5) is 5.69 Å². The third-order valence-electron chi connectivity index (χ3n) is 5.77. The van der Waals surface area contributed by atoms with Gasteiger partial charge >= 0.3 is 0 Å². The Bertz CT molecular complexity index is 1780. The van der Waals surface area contributed by atoms with Crippen molar-refractivity contribution in [3.63, 3.8) is 0 Å². The van der Waals surface area contributed by atoms with Crippen LogP contribution in [0.5, 0.6) is 0 Å². The Morgan fingerprint density at radius 3 is 2.54 bits per heavy atom. The Kier molecular flexibility index (Phi) is 5.91. The Morgan fingerprint density at radius 1 is 1.00 bits per heavy atom. The second kappa shape index (κ2) is 9.53. The Labute approximate surface area is 219 Å². The van der Waals surface area contributed by atoms with Crippen molar-refractivity contribution < 1.29 is 9.32 Å². The number of halogens is 1. The van der Waals surface area contributed by atoms with E-state index < -0.39 is 0 Å². The predicted octanol–water partition coefficient (Wildman–Crippen LogP) is 5.86. The van der Waals surface area contributed by atoms with Gasteiger partial charge in [0.25, 0.3) is 5.91 Å². The molecule has 0 saturated heterocycles. The Morgan fingerprint density at radius 2 is 1.78 bits per heavy atom. The smallest absolute Gasteiger partial charge is 0.291 e. The number of rotatable bonds is 6. The predicted molar refractivity (Wildman–Crippen MR) is 144 cm³/mol. The Hall–Kier alpha value is -4.47. The van der Waals surface area contributed by atoms with E-state index in [1.54, 1.807) is 24.5 Å². The molecule has 0 unspecified atom stereocenters. The number of para-hydroxylation sites is 2. The number of hydrogen-bond acceptors (Lipinski definition) is 6. The van der Waals surface area contributed by atoms with E-state index in [0.717, 1.165) is 16.1 Å². The number of carbonyl (C=O) groups is 1. The van der Waals surface area contributed by atoms with Crippen LogP contribution in [0, 0.1) is 0 Å². The minimum Gasteiger partial charge on any atom is -0.355 e. The highest BCUT2D eigenvalue weighted by Crippen LogP contribution is 2.31. The zero-order chi connectivity index (χ0) is 25.4. The van der Waals surface area contributed by atoms with Crippen molar-refractivity contribution in [1.29, 1.82) is 0 Å². The van der Waals surface area contributed by atoms with Gasteiger partial charge in [-0.2, -0.15) is 0 Å². The van der Waals surface area contributed by atoms with Crippen molar-refractivity contribution in [2.75, 3.05) is 5.32 Å². The minimum atomic E-state index is -0.346. The first-order valence-corrected chi connectivity index (χ1v) is 12.5. The lowest BCUT2D eigenvalue weighted by Crippen LogP contribution is -2.19. The summed E-state index contributed by atoms with van der Waals surface area (Å²) in [6.07, 6.45) is 3.39. The van der Waals surface area contributed by atoms with E-state index in [9.17, 15) is 9.59 Å². The molecule has 8 nitrogen and oxygen atoms in total. The summed E-state index contributed by atoms with van der Waals surface area (Å²) in [6, 6.07) is 23.4. The second-order valence-electron chi connectivity index (χ2n) is 8.24. The maximum Gasteiger partial charge on any atom is 0.291 e. The second-order valence-corrected chi connectivity index (χ2v) is 9.95. The molecule has 0 aliphatic heterocycles. The maximum atomic E-state index is 13.3. The van der Waals surface area contributed by atoms with Gasteiger partial charge in [-0.15, -0.1) is 11.3 Å². The summed E-state index contributed by atoms with van der Waals surface area (Å²) in [5, 5.41) is 7.13. The molecule has 1 N–H and O–H groups in total. The van der Waals surface area contributed by atoms with Gasteiger partial charge in [-0.25, -0.2) is 4.98 Å². The van der Waals surface area contributed by atoms with Crippen LogP contribution < -0.4 is 10.7 Å². The number of fused-ring (bicyclic) bond motifs is 1. The fourth-order valence-corrected chi connectivity index (χ4v) is 5.00. The zero-order valence-corrected chi connectivity index (χ0v) is 20.7. The number of nitrogens with zero attached hydrogens (tertiary/aromatic N) is 4. The van der Waals surface area contributed by atoms with Gasteiger partial charge in [-0.1, -0.05) is 28.9 Å². The van der Waals surface area contributed by atoms with Crippen molar-refractivity contribution in [1.82, 2.24) is 19.3 Å². The van der Waals surface area contributed by atoms with Crippen LogP contribution in [0.2, 0.25) is 4.34 Å². The first-order chi connectivity index (χ1) is 18.0. The molecule has 0 fully saturated rings. The SMILES string of the molecule is O=C(Nc1ccc(-n2ccc(=O)cc2)cc1)c1nc2ccccc2n1Cc1cc(-c2ccc(Cl)s2)on1. The third kappa shape index (κ3) is 4.69. The van der Waals surface area contributed by atoms with E-state index in [2.05, 4.69) is 15.5 Å². The molecule has 1 amide bonds. The number of benzene rings is 2. The first-order valence-electron chi connectivity index (χ1n) is 11.3. The molecule has 4 heterocycles. The van der Waals surface area contributed by atoms with Crippen molar-refractivity contribution in [2.24, 2.45) is 0 Å². The van der Waals surface area contributed by atoms with Crippen molar-refractivity contribution in [2.45, 2.75) is 6.54 Å². The van der Waals surface area contributed by atoms with Crippen LogP contribution in [0.3, 0.4) is 0 Å². The quantitative estimate of drug-likeness (QED) is 0.293. The highest BCUT2D eigenvalue weighted by atomic mass is 35.5. The molecule has 0 aliphatic rings. The Balaban J connectivity index is 1.27. The molecule has 0 bridgehead atoms. The topological polar surface area (TPSA) is 95.0 Å². The molecule has 4 aromatic heterocycles. The van der Waals surface area contributed by atoms with E-state index in [1.165, 1.54) is 23.5 Å². The van der Waals surface area contributed by atoms with Gasteiger partial charge in [0.15, 0.2) is 11.2 Å². The fraction of sp³-hybridized carbons (Fsp3) is 0.0370. The molecule has 6 aromatic rings. The molecule has 182 valence electrons. The molecule has 0 radical (unpaired) electrons. The molecule has 2 aromatic carbocycles. The van der Waals surface area contributed by atoms with E-state index in [1.807, 2.05) is 63.7 Å². The lowest BCUT2D eigenvalue weighted by atomic mass is 10.2. The van der Waals surface area contributed by atoms with Gasteiger partial charge in [0.05, 0.1) is 26.8 Å². The monoisotopic (exact) mass is 527 g/mol. The normalized spacial score (nSPS) is 11.2. The number of carbonyl (C=O) groups excluding carboxylic acids is 1. The molecular weight excluding hydrogens is 510 g/mol. The van der Waals surface area contributed by atoms with E-state index in [-0.39, 0.29) is 17.2 Å². The molecule has 10 heteroatoms. The van der Waals surface area contributed by atoms with Gasteiger partial charge in [-0.05, 0) is 48.5 Å². The highest BCUT2D eigenvalue weighted by molar-refractivity contribution is 7.19. The summed E-state index contributed by atoms with van der Waals surface area (Å²) in [5.74, 6) is 0.528. The molecule has 0 saturated carbocycles. The van der Waals surface area contributed by atoms with Crippen molar-refractivity contribution in [3.05, 3.63) is 117 Å². The van der Waals surface area contributed by atoms with Gasteiger partial charge < -0.3 is 19.0 Å². The number of anilines is 1. The number of hydrogen-bond donors (Lipinski definition) is 1. The summed E-state index contributed by atoms with van der Waals surface area (Å²) < 4.78 is 9.83. The van der Waals surface area contributed by atoms with Crippen molar-refractivity contribution >= 4 is 45.6 Å². The maximum absolute atomic E-state index is 13.3. The molecule has 0 aliphatic carbocycles. The van der Waals surface area contributed by atoms with E-state index in [4.69, 9.17) is 16.1 Å². The number of amides is 1. The van der Waals surface area contributed by atoms with Crippen LogP contribution in [0.25, 0.3) is 27.4 Å². The molecule has 37 heavy (non-hydrogen) atoms. The van der Waals surface area contributed by atoms with E-state index in [0.29, 0.717) is 33.5 Å². The molecular formula is C27H18ClN5O3S. The summed E-state index contributed by atoms with van der Waals surface area (Å²) in [5.41, 5.74) is 3.59. The van der Waals surface area contributed by atoms with Crippen LogP contribution in [-0.2, 0) is 6.54 Å². The van der Waals surface area contributed by atoms with Crippen LogP contribution >= 0.6 is 22.9 Å². The number of pyridine rings is 1. The first kappa shape index (κ1) is 23.0. The van der Waals surface area contributed by atoms with Gasteiger partial charge in [0.1, 0.15) is 5.69 Å². The summed E-state index contributed by atoms with van der Waals surface area (Å²) in [4.78, 5) is 30.1. The lowest BCUT2D eigenvalue weighted by Gasteiger charge is -2.10. The average molecular weight is 528 g/mol. The summed E-state index contributed by atoms with van der Waals surface area (Å²) >= 11 is 7.46. The van der Waals surface area contributed by atoms with Gasteiger partial charge in [-0.3, -0.25) is 9.59 Å². The largest absolute Gasteiger partial charge is 0.355 e. The third-order valence-corrected chi connectivity index (χ3v) is 7.02. The summed E-state index contributed by atoms with van der Waals surface area (Å²) in [7, 11) is 0. The highest BCUT2D eigenvalue weighted by Gasteiger charge is 2.20. The fourth-order valence-electron chi connectivity index (χ4n) is 4.01. The lowest BCUT2D eigenvalue weighted by molar-refractivity contribution is 0.101. The molecule has 0 atom stereocenters. The zero-order valence-electron chi connectivity index (χ0n) is 19.2. The number of aromatic nitrogens is 4. The average Bonchev–Trinajstić information content (AvgIpc) is 3.64. The number of nitrogens with one attached hydrogen (secondary N) is 1. The van der Waals surface area contributed by atoms with Crippen LogP contribution in [0.1, 0.15) is 16.3 Å². The molecule has 6 rings (SSSR count). The standard InChI is InChI=1S/C27H18ClN5O3S/c28-25-10-9-24(37-25)23-15-18(31-36-23)16-33-22-4-2-1-3-21(22)30-26(33)27(35)29-17-5-7-19(8-6-17)32-13-11-20(34)12-14-32/h1-15H,16H2,(H,29,35). The minimum absolute atomic E-state index is 0.0548. The number of thiophene rings is 1. The van der Waals surface area contributed by atoms with Gasteiger partial charge in [0, 0.05) is 42.0 Å². The van der Waals surface area contributed by atoms with Crippen LogP contribution in [0.15, 0.2) is 101 Å². The van der Waals surface area contributed by atoms with Crippen LogP contribution in [-0.4, -0.2) is 25.2 Å².